The van der Waals surface area contributed by atoms with Gasteiger partial charge in [-0.1, -0.05) is 37.9 Å². The molecule has 2 heterocycles. The van der Waals surface area contributed by atoms with Crippen molar-refractivity contribution in [1.82, 2.24) is 20.1 Å². The van der Waals surface area contributed by atoms with Gasteiger partial charge in [0.05, 0.1) is 5.75 Å². The molecule has 0 bridgehead atoms. The summed E-state index contributed by atoms with van der Waals surface area (Å²) in [5, 5.41) is 12.9. The molecule has 1 N–H and O–H groups in total. The minimum Gasteiger partial charge on any atom is -0.353 e. The van der Waals surface area contributed by atoms with Gasteiger partial charge in [-0.05, 0) is 45.4 Å². The lowest BCUT2D eigenvalue weighted by atomic mass is 10.1. The minimum absolute atomic E-state index is 0.101. The average Bonchev–Trinajstić information content (AvgIpc) is 3.40. The Morgan fingerprint density at radius 2 is 2.00 bits per heavy atom. The van der Waals surface area contributed by atoms with Crippen molar-refractivity contribution in [2.75, 3.05) is 23.7 Å². The van der Waals surface area contributed by atoms with E-state index in [-0.39, 0.29) is 11.9 Å². The van der Waals surface area contributed by atoms with Crippen LogP contribution in [0.4, 0.5) is 5.95 Å². The molecule has 1 amide bonds. The van der Waals surface area contributed by atoms with E-state index in [0.717, 1.165) is 30.6 Å². The van der Waals surface area contributed by atoms with Crippen LogP contribution in [0.15, 0.2) is 5.16 Å². The van der Waals surface area contributed by atoms with Crippen LogP contribution in [0.25, 0.3) is 0 Å². The molecule has 146 valence electrons. The first-order chi connectivity index (χ1) is 12.7. The van der Waals surface area contributed by atoms with Gasteiger partial charge in [0.15, 0.2) is 5.16 Å². The third-order valence-electron chi connectivity index (χ3n) is 5.18. The van der Waals surface area contributed by atoms with Crippen LogP contribution in [-0.4, -0.2) is 45.6 Å². The van der Waals surface area contributed by atoms with Gasteiger partial charge in [-0.2, -0.15) is 0 Å². The molecule has 3 rings (SSSR count). The highest BCUT2D eigenvalue weighted by atomic mass is 32.2. The van der Waals surface area contributed by atoms with E-state index in [2.05, 4.69) is 38.8 Å². The number of thioether (sulfide) groups is 1. The van der Waals surface area contributed by atoms with Gasteiger partial charge >= 0.3 is 0 Å². The number of piperidine rings is 1. The van der Waals surface area contributed by atoms with Gasteiger partial charge in [0, 0.05) is 25.2 Å². The molecule has 1 aliphatic heterocycles. The van der Waals surface area contributed by atoms with Crippen molar-refractivity contribution < 1.29 is 4.79 Å². The Morgan fingerprint density at radius 1 is 1.23 bits per heavy atom. The first-order valence-electron chi connectivity index (χ1n) is 10.3. The molecule has 1 aliphatic carbocycles. The van der Waals surface area contributed by atoms with Crippen molar-refractivity contribution in [1.29, 1.82) is 0 Å². The maximum Gasteiger partial charge on any atom is 0.230 e. The van der Waals surface area contributed by atoms with Crippen LogP contribution in [0.3, 0.4) is 0 Å². The normalized spacial score (nSPS) is 18.8. The van der Waals surface area contributed by atoms with Crippen LogP contribution < -0.4 is 10.2 Å². The Kier molecular flexibility index (Phi) is 7.23. The molecule has 1 saturated heterocycles. The fraction of sp³-hybridized carbons (Fsp3) is 0.842. The Hall–Kier alpha value is -1.24. The highest BCUT2D eigenvalue weighted by Crippen LogP contribution is 2.41. The highest BCUT2D eigenvalue weighted by Gasteiger charge is 2.32. The zero-order valence-electron chi connectivity index (χ0n) is 16.2. The maximum absolute atomic E-state index is 12.3. The van der Waals surface area contributed by atoms with Crippen molar-refractivity contribution >= 4 is 23.6 Å². The van der Waals surface area contributed by atoms with Crippen molar-refractivity contribution in [3.05, 3.63) is 0 Å². The zero-order valence-corrected chi connectivity index (χ0v) is 17.1. The largest absolute Gasteiger partial charge is 0.353 e. The molecular weight excluding hydrogens is 346 g/mol. The van der Waals surface area contributed by atoms with Gasteiger partial charge in [-0.15, -0.1) is 10.2 Å². The van der Waals surface area contributed by atoms with Crippen molar-refractivity contribution in [3.63, 3.8) is 0 Å². The number of carbonyl (C=O) groups is 1. The second-order valence-electron chi connectivity index (χ2n) is 7.68. The van der Waals surface area contributed by atoms with E-state index in [1.165, 1.54) is 63.1 Å². The maximum atomic E-state index is 12.3. The second-order valence-corrected chi connectivity index (χ2v) is 8.63. The molecule has 7 heteroatoms. The number of aromatic nitrogens is 3. The third-order valence-corrected chi connectivity index (χ3v) is 6.12. The van der Waals surface area contributed by atoms with Crippen LogP contribution in [-0.2, 0) is 4.79 Å². The molecule has 2 fully saturated rings. The van der Waals surface area contributed by atoms with Gasteiger partial charge in [0.25, 0.3) is 0 Å². The number of anilines is 1. The smallest absolute Gasteiger partial charge is 0.230 e. The Labute approximate surface area is 161 Å². The second kappa shape index (κ2) is 9.62. The van der Waals surface area contributed by atoms with Gasteiger partial charge in [0.1, 0.15) is 0 Å². The third kappa shape index (κ3) is 5.38. The summed E-state index contributed by atoms with van der Waals surface area (Å²) in [6.07, 6.45) is 10.9. The number of rotatable bonds is 10. The van der Waals surface area contributed by atoms with E-state index < -0.39 is 0 Å². The standard InChI is InChI=1S/C19H33N5OS/c1-3-4-6-9-15(2)20-17(25)14-26-19-22-21-18(24(19)16-10-11-16)23-12-7-5-8-13-23/h15-16H,3-14H2,1-2H3,(H,20,25). The molecule has 0 aromatic carbocycles. The van der Waals surface area contributed by atoms with Gasteiger partial charge in [0.2, 0.25) is 11.9 Å². The van der Waals surface area contributed by atoms with E-state index in [1.807, 2.05) is 0 Å². The topological polar surface area (TPSA) is 63.1 Å². The van der Waals surface area contributed by atoms with E-state index in [9.17, 15) is 4.79 Å². The van der Waals surface area contributed by atoms with E-state index in [0.29, 0.717) is 11.8 Å². The molecule has 1 unspecified atom stereocenters. The van der Waals surface area contributed by atoms with Crippen LogP contribution in [0, 0.1) is 0 Å². The van der Waals surface area contributed by atoms with Crippen molar-refractivity contribution in [2.24, 2.45) is 0 Å². The number of hydrogen-bond donors (Lipinski definition) is 1. The van der Waals surface area contributed by atoms with E-state index >= 15 is 0 Å². The van der Waals surface area contributed by atoms with Gasteiger partial charge in [-0.25, -0.2) is 0 Å². The molecule has 2 aliphatic rings. The fourth-order valence-corrected chi connectivity index (χ4v) is 4.36. The molecule has 1 atom stereocenters. The quantitative estimate of drug-likeness (QED) is 0.495. The minimum atomic E-state index is 0.101. The molecule has 1 aromatic heterocycles. The lowest BCUT2D eigenvalue weighted by Gasteiger charge is -2.27. The lowest BCUT2D eigenvalue weighted by molar-refractivity contribution is -0.119. The SMILES string of the molecule is CCCCCC(C)NC(=O)CSc1nnc(N2CCCCC2)n1C1CC1. The number of amides is 1. The average molecular weight is 380 g/mol. The Bertz CT molecular complexity index is 580. The first kappa shape index (κ1) is 19.5. The number of unbranched alkanes of at least 4 members (excludes halogenated alkanes) is 2. The van der Waals surface area contributed by atoms with Crippen LogP contribution in [0.1, 0.15) is 77.7 Å². The molecule has 0 radical (unpaired) electrons. The predicted octanol–water partition coefficient (Wildman–Crippen LogP) is 3.78. The number of nitrogens with one attached hydrogen (secondary N) is 1. The first-order valence-corrected chi connectivity index (χ1v) is 11.3. The number of nitrogens with zero attached hydrogens (tertiary/aromatic N) is 4. The fourth-order valence-electron chi connectivity index (χ4n) is 3.55. The molecule has 26 heavy (non-hydrogen) atoms. The Balaban J connectivity index is 1.53. The van der Waals surface area contributed by atoms with Crippen molar-refractivity contribution in [2.45, 2.75) is 88.9 Å². The van der Waals surface area contributed by atoms with Crippen LogP contribution in [0.5, 0.6) is 0 Å². The zero-order chi connectivity index (χ0) is 18.4. The summed E-state index contributed by atoms with van der Waals surface area (Å²) >= 11 is 1.53. The number of carbonyl (C=O) groups excluding carboxylic acids is 1. The molecular formula is C19H33N5OS. The summed E-state index contributed by atoms with van der Waals surface area (Å²) in [6.45, 7) is 6.45. The summed E-state index contributed by atoms with van der Waals surface area (Å²) < 4.78 is 2.29. The molecule has 1 aromatic rings. The number of hydrogen-bond acceptors (Lipinski definition) is 5. The Morgan fingerprint density at radius 3 is 2.69 bits per heavy atom. The highest BCUT2D eigenvalue weighted by molar-refractivity contribution is 7.99. The molecule has 6 nitrogen and oxygen atoms in total. The summed E-state index contributed by atoms with van der Waals surface area (Å²) in [4.78, 5) is 14.6. The molecule has 0 spiro atoms. The van der Waals surface area contributed by atoms with E-state index in [4.69, 9.17) is 0 Å². The molecule has 1 saturated carbocycles. The van der Waals surface area contributed by atoms with E-state index in [1.54, 1.807) is 0 Å². The summed E-state index contributed by atoms with van der Waals surface area (Å²) in [5.41, 5.74) is 0. The van der Waals surface area contributed by atoms with Gasteiger partial charge < -0.3 is 10.2 Å². The van der Waals surface area contributed by atoms with Crippen LogP contribution >= 0.6 is 11.8 Å². The lowest BCUT2D eigenvalue weighted by Crippen LogP contribution is -2.34. The van der Waals surface area contributed by atoms with Crippen molar-refractivity contribution in [3.8, 4) is 0 Å². The van der Waals surface area contributed by atoms with Crippen LogP contribution in [0.2, 0.25) is 0 Å². The summed E-state index contributed by atoms with van der Waals surface area (Å²) in [5.74, 6) is 1.54. The monoisotopic (exact) mass is 379 g/mol. The predicted molar refractivity (Wildman–Crippen MR) is 107 cm³/mol. The van der Waals surface area contributed by atoms with Gasteiger partial charge in [-0.3, -0.25) is 9.36 Å². The summed E-state index contributed by atoms with van der Waals surface area (Å²) in [7, 11) is 0. The summed E-state index contributed by atoms with van der Waals surface area (Å²) in [6, 6.07) is 0.778.